The van der Waals surface area contributed by atoms with Crippen molar-refractivity contribution in [3.05, 3.63) is 0 Å². The first kappa shape index (κ1) is 8.48. The van der Waals surface area contributed by atoms with Gasteiger partial charge in [-0.05, 0) is 38.8 Å². The van der Waals surface area contributed by atoms with Crippen LogP contribution in [0.5, 0.6) is 0 Å². The summed E-state index contributed by atoms with van der Waals surface area (Å²) in [6.45, 7) is 1.64. The van der Waals surface area contributed by atoms with Crippen LogP contribution in [0.1, 0.15) is 19.3 Å². The van der Waals surface area contributed by atoms with Crippen LogP contribution < -0.4 is 5.32 Å². The second-order valence-corrected chi connectivity index (χ2v) is 3.76. The minimum atomic E-state index is 0.409. The lowest BCUT2D eigenvalue weighted by atomic mass is 10.0. The number of ether oxygens (including phenoxy) is 2. The molecular weight excluding hydrogens is 154 g/mol. The van der Waals surface area contributed by atoms with Gasteiger partial charge in [0.25, 0.3) is 0 Å². The highest BCUT2D eigenvalue weighted by Crippen LogP contribution is 2.35. The smallest absolute Gasteiger partial charge is 0.147 e. The molecule has 12 heavy (non-hydrogen) atoms. The van der Waals surface area contributed by atoms with Crippen molar-refractivity contribution in [2.24, 2.45) is 5.92 Å². The van der Waals surface area contributed by atoms with Crippen LogP contribution in [0.15, 0.2) is 0 Å². The minimum Gasteiger partial charge on any atom is -0.349 e. The molecule has 2 rings (SSSR count). The maximum absolute atomic E-state index is 5.44. The van der Waals surface area contributed by atoms with E-state index in [1.54, 1.807) is 0 Å². The fourth-order valence-electron chi connectivity index (χ4n) is 2.21. The van der Waals surface area contributed by atoms with Gasteiger partial charge < -0.3 is 14.8 Å². The Hall–Kier alpha value is -0.120. The van der Waals surface area contributed by atoms with Gasteiger partial charge in [-0.15, -0.1) is 0 Å². The predicted molar refractivity (Wildman–Crippen MR) is 45.9 cm³/mol. The van der Waals surface area contributed by atoms with Crippen molar-refractivity contribution < 1.29 is 9.47 Å². The second kappa shape index (κ2) is 3.73. The normalized spacial score (nSPS) is 40.2. The molecule has 0 radical (unpaired) electrons. The summed E-state index contributed by atoms with van der Waals surface area (Å²) in [5, 5.41) is 3.18. The first-order valence-electron chi connectivity index (χ1n) is 4.78. The molecule has 3 atom stereocenters. The third-order valence-electron chi connectivity index (χ3n) is 2.91. The zero-order valence-corrected chi connectivity index (χ0v) is 7.58. The van der Waals surface area contributed by atoms with Gasteiger partial charge in [0.2, 0.25) is 0 Å². The SMILES string of the molecule is CNCCC1CC2OCO[C@@H]2C1. The van der Waals surface area contributed by atoms with Gasteiger partial charge >= 0.3 is 0 Å². The van der Waals surface area contributed by atoms with Gasteiger partial charge in [0.05, 0.1) is 12.2 Å². The number of hydrogen-bond acceptors (Lipinski definition) is 3. The van der Waals surface area contributed by atoms with E-state index in [1.807, 2.05) is 7.05 Å². The van der Waals surface area contributed by atoms with E-state index in [-0.39, 0.29) is 0 Å². The number of hydrogen-bond donors (Lipinski definition) is 1. The van der Waals surface area contributed by atoms with Gasteiger partial charge in [-0.1, -0.05) is 0 Å². The van der Waals surface area contributed by atoms with Gasteiger partial charge in [-0.25, -0.2) is 0 Å². The lowest BCUT2D eigenvalue weighted by molar-refractivity contribution is 0.0220. The van der Waals surface area contributed by atoms with E-state index in [1.165, 1.54) is 19.3 Å². The van der Waals surface area contributed by atoms with Crippen LogP contribution in [0.3, 0.4) is 0 Å². The molecule has 0 bridgehead atoms. The Morgan fingerprint density at radius 2 is 1.92 bits per heavy atom. The summed E-state index contributed by atoms with van der Waals surface area (Å²) in [6, 6.07) is 0. The van der Waals surface area contributed by atoms with Crippen LogP contribution in [0.2, 0.25) is 0 Å². The fraction of sp³-hybridized carbons (Fsp3) is 1.00. The maximum Gasteiger partial charge on any atom is 0.147 e. The molecule has 1 aliphatic carbocycles. The molecule has 2 fully saturated rings. The zero-order valence-electron chi connectivity index (χ0n) is 7.58. The van der Waals surface area contributed by atoms with E-state index in [2.05, 4.69) is 5.32 Å². The molecule has 1 saturated heterocycles. The summed E-state index contributed by atoms with van der Waals surface area (Å²) in [4.78, 5) is 0. The van der Waals surface area contributed by atoms with Crippen molar-refractivity contribution in [2.45, 2.75) is 31.5 Å². The summed E-state index contributed by atoms with van der Waals surface area (Å²) in [5.74, 6) is 0.813. The van der Waals surface area contributed by atoms with E-state index in [9.17, 15) is 0 Å². The fourth-order valence-corrected chi connectivity index (χ4v) is 2.21. The van der Waals surface area contributed by atoms with Crippen LogP contribution >= 0.6 is 0 Å². The Bertz CT molecular complexity index is 139. The van der Waals surface area contributed by atoms with E-state index in [0.29, 0.717) is 19.0 Å². The standard InChI is InChI=1S/C9H17NO2/c1-10-3-2-7-4-8-9(5-7)12-6-11-8/h7-10H,2-6H2,1H3/t7?,8-,9?/m1/s1. The number of nitrogens with one attached hydrogen (secondary N) is 1. The number of fused-ring (bicyclic) bond motifs is 1. The Balaban J connectivity index is 1.75. The summed E-state index contributed by atoms with van der Waals surface area (Å²) < 4.78 is 10.9. The largest absolute Gasteiger partial charge is 0.349 e. The summed E-state index contributed by atoms with van der Waals surface area (Å²) in [7, 11) is 2.00. The zero-order chi connectivity index (χ0) is 8.39. The van der Waals surface area contributed by atoms with Gasteiger partial charge in [0.1, 0.15) is 6.79 Å². The molecule has 2 aliphatic rings. The van der Waals surface area contributed by atoms with Crippen LogP contribution in [0, 0.1) is 5.92 Å². The lowest BCUT2D eigenvalue weighted by Gasteiger charge is -2.09. The van der Waals surface area contributed by atoms with Crippen molar-refractivity contribution in [3.63, 3.8) is 0 Å². The van der Waals surface area contributed by atoms with Crippen LogP contribution in [-0.4, -0.2) is 32.6 Å². The van der Waals surface area contributed by atoms with Crippen molar-refractivity contribution in [1.82, 2.24) is 5.32 Å². The Morgan fingerprint density at radius 3 is 2.50 bits per heavy atom. The van der Waals surface area contributed by atoms with Gasteiger partial charge in [0, 0.05) is 0 Å². The van der Waals surface area contributed by atoms with Gasteiger partial charge in [-0.3, -0.25) is 0 Å². The Labute approximate surface area is 73.4 Å². The lowest BCUT2D eigenvalue weighted by Crippen LogP contribution is -2.13. The average Bonchev–Trinajstić information content (AvgIpc) is 2.58. The topological polar surface area (TPSA) is 30.5 Å². The summed E-state index contributed by atoms with van der Waals surface area (Å²) >= 11 is 0. The molecule has 1 N–H and O–H groups in total. The maximum atomic E-state index is 5.44. The molecular formula is C9H17NO2. The summed E-state index contributed by atoms with van der Waals surface area (Å²) in [6.07, 6.45) is 4.48. The minimum absolute atomic E-state index is 0.409. The second-order valence-electron chi connectivity index (χ2n) is 3.76. The molecule has 3 heteroatoms. The molecule has 0 spiro atoms. The number of rotatable bonds is 3. The van der Waals surface area contributed by atoms with E-state index < -0.39 is 0 Å². The van der Waals surface area contributed by atoms with Crippen molar-refractivity contribution in [2.75, 3.05) is 20.4 Å². The third kappa shape index (κ3) is 1.63. The summed E-state index contributed by atoms with van der Waals surface area (Å²) in [5.41, 5.74) is 0. The molecule has 0 aromatic rings. The quantitative estimate of drug-likeness (QED) is 0.679. The molecule has 1 heterocycles. The first-order chi connectivity index (χ1) is 5.90. The molecule has 1 aliphatic heterocycles. The molecule has 70 valence electrons. The third-order valence-corrected chi connectivity index (χ3v) is 2.91. The molecule has 0 amide bonds. The highest BCUT2D eigenvalue weighted by Gasteiger charge is 2.38. The van der Waals surface area contributed by atoms with Crippen LogP contribution in [-0.2, 0) is 9.47 Å². The molecule has 3 nitrogen and oxygen atoms in total. The average molecular weight is 171 g/mol. The van der Waals surface area contributed by atoms with E-state index >= 15 is 0 Å². The van der Waals surface area contributed by atoms with Gasteiger partial charge in [-0.2, -0.15) is 0 Å². The van der Waals surface area contributed by atoms with Crippen molar-refractivity contribution in [3.8, 4) is 0 Å². The monoisotopic (exact) mass is 171 g/mol. The highest BCUT2D eigenvalue weighted by molar-refractivity contribution is 4.87. The highest BCUT2D eigenvalue weighted by atomic mass is 16.7. The molecule has 0 aromatic heterocycles. The van der Waals surface area contributed by atoms with Crippen LogP contribution in [0.4, 0.5) is 0 Å². The molecule has 0 aromatic carbocycles. The van der Waals surface area contributed by atoms with Crippen molar-refractivity contribution >= 4 is 0 Å². The van der Waals surface area contributed by atoms with Gasteiger partial charge in [0.15, 0.2) is 0 Å². The van der Waals surface area contributed by atoms with E-state index in [4.69, 9.17) is 9.47 Å². The van der Waals surface area contributed by atoms with Crippen LogP contribution in [0.25, 0.3) is 0 Å². The Morgan fingerprint density at radius 1 is 1.25 bits per heavy atom. The predicted octanol–water partition coefficient (Wildman–Crippen LogP) is 0.747. The molecule has 2 unspecified atom stereocenters. The Kier molecular flexibility index (Phi) is 2.63. The van der Waals surface area contributed by atoms with E-state index in [0.717, 1.165) is 12.5 Å². The molecule has 1 saturated carbocycles. The first-order valence-corrected chi connectivity index (χ1v) is 4.78. The van der Waals surface area contributed by atoms with Crippen molar-refractivity contribution in [1.29, 1.82) is 0 Å².